The Morgan fingerprint density at radius 2 is 1.14 bits per heavy atom. The van der Waals surface area contributed by atoms with Gasteiger partial charge in [0.05, 0.1) is 11.3 Å². The van der Waals surface area contributed by atoms with Gasteiger partial charge in [0.2, 0.25) is 0 Å². The fraction of sp³-hybridized carbons (Fsp3) is 0.407. The molecule has 0 bridgehead atoms. The second-order valence-electron chi connectivity index (χ2n) is 22.4. The molecule has 298 valence electrons. The highest BCUT2D eigenvalue weighted by molar-refractivity contribution is 7.00. The first-order chi connectivity index (χ1) is 27.0. The smallest absolute Gasteiger partial charge is 0.297 e. The zero-order chi connectivity index (χ0) is 41.6. The van der Waals surface area contributed by atoms with E-state index in [0.717, 1.165) is 17.7 Å². The first kappa shape index (κ1) is 38.8. The minimum Gasteiger partial charge on any atom is -0.468 e. The van der Waals surface area contributed by atoms with Crippen molar-refractivity contribution in [3.05, 3.63) is 124 Å². The second kappa shape index (κ2) is 12.4. The molecule has 0 atom stereocenters. The first-order valence-electron chi connectivity index (χ1n) is 21.7. The topological polar surface area (TPSA) is 19.6 Å². The summed E-state index contributed by atoms with van der Waals surface area (Å²) in [7, 11) is 0. The fourth-order valence-electron chi connectivity index (χ4n) is 10.2. The molecule has 0 radical (unpaired) electrons. The molecule has 0 fully saturated rings. The largest absolute Gasteiger partial charge is 0.468 e. The van der Waals surface area contributed by atoms with E-state index >= 15 is 0 Å². The van der Waals surface area contributed by atoms with Crippen molar-refractivity contribution >= 4 is 68.4 Å². The predicted molar refractivity (Wildman–Crippen MR) is 251 cm³/mol. The third-order valence-corrected chi connectivity index (χ3v) is 13.9. The van der Waals surface area contributed by atoms with E-state index in [1.54, 1.807) is 0 Å². The van der Waals surface area contributed by atoms with Crippen molar-refractivity contribution in [1.29, 1.82) is 0 Å². The van der Waals surface area contributed by atoms with Crippen LogP contribution in [0.4, 0.5) is 34.1 Å². The molecule has 1 aliphatic carbocycles. The summed E-state index contributed by atoms with van der Waals surface area (Å²) in [5, 5.41) is 1.21. The highest BCUT2D eigenvalue weighted by atomic mass is 16.3. The lowest BCUT2D eigenvalue weighted by Crippen LogP contribution is -2.61. The molecule has 4 heteroatoms. The van der Waals surface area contributed by atoms with Gasteiger partial charge in [0.1, 0.15) is 5.58 Å². The molecule has 0 amide bonds. The lowest BCUT2D eigenvalue weighted by Gasteiger charge is -2.44. The van der Waals surface area contributed by atoms with E-state index in [2.05, 4.69) is 199 Å². The summed E-state index contributed by atoms with van der Waals surface area (Å²) >= 11 is 0. The zero-order valence-electron chi connectivity index (χ0n) is 37.9. The zero-order valence-corrected chi connectivity index (χ0v) is 37.9. The number of rotatable bonds is 2. The average Bonchev–Trinajstić information content (AvgIpc) is 3.50. The molecule has 0 unspecified atom stereocenters. The first-order valence-corrected chi connectivity index (χ1v) is 21.7. The van der Waals surface area contributed by atoms with E-state index in [9.17, 15) is 0 Å². The van der Waals surface area contributed by atoms with Crippen LogP contribution in [-0.2, 0) is 27.1 Å². The average molecular weight is 767 g/mol. The normalized spacial score (nSPS) is 16.9. The van der Waals surface area contributed by atoms with Crippen molar-refractivity contribution in [2.45, 2.75) is 144 Å². The van der Waals surface area contributed by atoms with Gasteiger partial charge in [-0.25, -0.2) is 0 Å². The van der Waals surface area contributed by atoms with Crippen LogP contribution in [0.2, 0.25) is 0 Å². The van der Waals surface area contributed by atoms with E-state index in [1.807, 2.05) is 0 Å². The van der Waals surface area contributed by atoms with Crippen molar-refractivity contribution in [2.75, 3.05) is 9.80 Å². The predicted octanol–water partition coefficient (Wildman–Crippen LogP) is 13.4. The minimum atomic E-state index is -0.0810. The maximum atomic E-state index is 7.47. The molecular formula is C54H63BN2O. The summed E-state index contributed by atoms with van der Waals surface area (Å²) in [5.74, 6) is 0. The van der Waals surface area contributed by atoms with Crippen LogP contribution in [0.25, 0.3) is 11.0 Å². The van der Waals surface area contributed by atoms with E-state index in [-0.39, 0.29) is 33.8 Å². The Labute approximate surface area is 348 Å². The molecule has 58 heavy (non-hydrogen) atoms. The van der Waals surface area contributed by atoms with Gasteiger partial charge in [0, 0.05) is 33.8 Å². The second-order valence-corrected chi connectivity index (χ2v) is 22.4. The number of nitrogens with zero attached hydrogens (tertiary/aromatic N) is 2. The number of anilines is 6. The van der Waals surface area contributed by atoms with E-state index in [4.69, 9.17) is 4.42 Å². The van der Waals surface area contributed by atoms with E-state index in [1.165, 1.54) is 95.8 Å². The van der Waals surface area contributed by atoms with Crippen molar-refractivity contribution in [3.63, 3.8) is 0 Å². The monoisotopic (exact) mass is 767 g/mol. The number of furan rings is 1. The summed E-state index contributed by atoms with van der Waals surface area (Å²) in [5.41, 5.74) is 21.5. The van der Waals surface area contributed by atoms with Gasteiger partial charge < -0.3 is 14.2 Å². The van der Waals surface area contributed by atoms with Crippen molar-refractivity contribution < 1.29 is 4.42 Å². The van der Waals surface area contributed by atoms with Crippen molar-refractivity contribution in [3.8, 4) is 0 Å². The molecular weight excluding hydrogens is 703 g/mol. The Bertz CT molecular complexity index is 2670. The highest BCUT2D eigenvalue weighted by Crippen LogP contribution is 2.52. The molecule has 0 spiro atoms. The Morgan fingerprint density at radius 3 is 1.76 bits per heavy atom. The van der Waals surface area contributed by atoms with Crippen LogP contribution >= 0.6 is 0 Å². The minimum absolute atomic E-state index is 0.00939. The molecule has 1 aromatic heterocycles. The quantitative estimate of drug-likeness (QED) is 0.163. The van der Waals surface area contributed by atoms with Crippen molar-refractivity contribution in [2.24, 2.45) is 0 Å². The molecule has 3 aliphatic rings. The van der Waals surface area contributed by atoms with Gasteiger partial charge in [-0.2, -0.15) is 0 Å². The molecule has 3 nitrogen and oxygen atoms in total. The van der Waals surface area contributed by atoms with Gasteiger partial charge in [-0.15, -0.1) is 0 Å². The molecule has 0 N–H and O–H groups in total. The fourth-order valence-corrected chi connectivity index (χ4v) is 10.2. The summed E-state index contributed by atoms with van der Waals surface area (Å²) < 4.78 is 7.47. The Kier molecular flexibility index (Phi) is 8.31. The third kappa shape index (κ3) is 5.90. The SMILES string of the molecule is Cc1cc2c3c(c1)N(c1ccc(C(C)(C)C)cc1C)c1c(oc4cc5c(cc14)C(C)(C)CCC5(C)C)B3c1ccc(C(C)(C)C)cc1N2c1cccc(C(C)(C)C)c1. The number of benzene rings is 5. The Morgan fingerprint density at radius 1 is 0.569 bits per heavy atom. The van der Waals surface area contributed by atoms with Crippen LogP contribution in [0.15, 0.2) is 89.3 Å². The molecule has 6 aromatic rings. The number of aryl methyl sites for hydroxylation is 2. The van der Waals surface area contributed by atoms with Crippen LogP contribution in [0.5, 0.6) is 0 Å². The molecule has 2 aliphatic heterocycles. The lowest BCUT2D eigenvalue weighted by atomic mass is 9.35. The molecule has 3 heterocycles. The van der Waals surface area contributed by atoms with E-state index < -0.39 is 0 Å². The maximum absolute atomic E-state index is 7.47. The van der Waals surface area contributed by atoms with Gasteiger partial charge in [0.25, 0.3) is 6.71 Å². The maximum Gasteiger partial charge on any atom is 0.297 e. The number of fused-ring (bicyclic) bond motifs is 7. The number of hydrogen-bond donors (Lipinski definition) is 0. The van der Waals surface area contributed by atoms with E-state index in [0.29, 0.717) is 0 Å². The summed E-state index contributed by atoms with van der Waals surface area (Å²) in [6.45, 7) is 35.0. The Hall–Kier alpha value is -4.70. The van der Waals surface area contributed by atoms with Gasteiger partial charge in [0.15, 0.2) is 0 Å². The number of hydrogen-bond acceptors (Lipinski definition) is 3. The van der Waals surface area contributed by atoms with Gasteiger partial charge >= 0.3 is 0 Å². The van der Waals surface area contributed by atoms with Crippen LogP contribution in [-0.4, -0.2) is 6.71 Å². The van der Waals surface area contributed by atoms with Crippen LogP contribution in [0.1, 0.15) is 142 Å². The highest BCUT2D eigenvalue weighted by Gasteiger charge is 2.48. The van der Waals surface area contributed by atoms with Crippen molar-refractivity contribution in [1.82, 2.24) is 0 Å². The van der Waals surface area contributed by atoms with Crippen LogP contribution in [0, 0.1) is 13.8 Å². The summed E-state index contributed by atoms with van der Waals surface area (Å²) in [6.07, 6.45) is 2.33. The lowest BCUT2D eigenvalue weighted by molar-refractivity contribution is 0.332. The van der Waals surface area contributed by atoms with Gasteiger partial charge in [-0.3, -0.25) is 0 Å². The third-order valence-electron chi connectivity index (χ3n) is 13.9. The summed E-state index contributed by atoms with van der Waals surface area (Å²) in [6, 6.07) is 33.4. The van der Waals surface area contributed by atoms with Gasteiger partial charge in [-0.1, -0.05) is 126 Å². The van der Waals surface area contributed by atoms with Gasteiger partial charge in [-0.05, 0) is 152 Å². The molecule has 0 saturated carbocycles. The standard InChI is InChI=1S/C54H63BN2O/c1-32-25-44-47-45(26-32)57(42-22-20-35(27-33(42)2)51(6,7)8)48-38-30-39-40(54(14,15)24-23-53(39,12)13)31-46(38)58-49(48)55(47)41-21-19-36(52(9,10)11)29-43(41)56(44)37-18-16-17-34(28-37)50(3,4)5/h16-22,25-31H,23-24H2,1-15H3. The molecule has 9 rings (SSSR count). The Balaban J connectivity index is 1.42. The summed E-state index contributed by atoms with van der Waals surface area (Å²) in [4.78, 5) is 5.14. The molecule has 5 aromatic carbocycles. The van der Waals surface area contributed by atoms with Crippen LogP contribution in [0.3, 0.4) is 0 Å². The molecule has 0 saturated heterocycles. The van der Waals surface area contributed by atoms with Crippen LogP contribution < -0.4 is 26.4 Å².